The van der Waals surface area contributed by atoms with Crippen LogP contribution in [0.15, 0.2) is 30.3 Å². The predicted molar refractivity (Wildman–Crippen MR) is 117 cm³/mol. The number of aliphatic hydroxyl groups is 1. The van der Waals surface area contributed by atoms with Crippen LogP contribution in [0.5, 0.6) is 0 Å². The van der Waals surface area contributed by atoms with Crippen molar-refractivity contribution in [2.75, 3.05) is 23.4 Å². The predicted octanol–water partition coefficient (Wildman–Crippen LogP) is 3.97. The third-order valence-corrected chi connectivity index (χ3v) is 6.77. The fourth-order valence-electron chi connectivity index (χ4n) is 5.21. The zero-order valence-corrected chi connectivity index (χ0v) is 18.6. The van der Waals surface area contributed by atoms with Gasteiger partial charge >= 0.3 is 6.18 Å². The summed E-state index contributed by atoms with van der Waals surface area (Å²) < 4.78 is 41.1. The molecule has 9 heteroatoms. The molecule has 0 bridgehead atoms. The molecule has 2 aliphatic rings. The second-order valence-electron chi connectivity index (χ2n) is 9.03. The lowest BCUT2D eigenvalue weighted by molar-refractivity contribution is -0.137. The number of carbonyl (C=O) groups excluding carboxylic acids is 1. The molecule has 3 unspecified atom stereocenters. The van der Waals surface area contributed by atoms with Gasteiger partial charge in [-0.3, -0.25) is 4.79 Å². The van der Waals surface area contributed by atoms with Gasteiger partial charge in [0.25, 0.3) is 0 Å². The highest BCUT2D eigenvalue weighted by Crippen LogP contribution is 2.48. The standard InChI is InChI=1S/C24H25F3N4O2/c1-14-6-4-7-16(10-14)30(3)22(32)20-18-8-5-9-23(18,33)13-31(20)21-17(12-28)19(24(25,26)27)11-15(2)29-21/h4,6-7,10-11,18,20,33H,5,8-9,13H2,1-3H3. The van der Waals surface area contributed by atoms with Crippen LogP contribution in [0.4, 0.5) is 24.7 Å². The van der Waals surface area contributed by atoms with E-state index in [1.807, 2.05) is 25.1 Å². The summed E-state index contributed by atoms with van der Waals surface area (Å²) in [7, 11) is 1.61. The van der Waals surface area contributed by atoms with Crippen molar-refractivity contribution < 1.29 is 23.1 Å². The molecule has 4 rings (SSSR count). The Morgan fingerprint density at radius 1 is 1.33 bits per heavy atom. The Labute approximate surface area is 190 Å². The summed E-state index contributed by atoms with van der Waals surface area (Å²) in [6, 6.07) is 8.88. The first-order valence-electron chi connectivity index (χ1n) is 10.8. The molecule has 1 aliphatic carbocycles. The molecule has 1 aromatic carbocycles. The molecular formula is C24H25F3N4O2. The maximum atomic E-state index is 13.7. The molecule has 1 aromatic heterocycles. The third-order valence-electron chi connectivity index (χ3n) is 6.77. The molecular weight excluding hydrogens is 433 g/mol. The van der Waals surface area contributed by atoms with E-state index < -0.39 is 34.9 Å². The van der Waals surface area contributed by atoms with Crippen LogP contribution in [0.25, 0.3) is 0 Å². The van der Waals surface area contributed by atoms with Crippen LogP contribution in [0.3, 0.4) is 0 Å². The number of hydrogen-bond acceptors (Lipinski definition) is 5. The van der Waals surface area contributed by atoms with Gasteiger partial charge in [0.1, 0.15) is 23.5 Å². The van der Waals surface area contributed by atoms with Gasteiger partial charge in [0.05, 0.1) is 11.2 Å². The number of benzene rings is 1. The van der Waals surface area contributed by atoms with E-state index in [1.54, 1.807) is 19.2 Å². The first-order chi connectivity index (χ1) is 15.5. The first kappa shape index (κ1) is 23.1. The van der Waals surface area contributed by atoms with Crippen molar-refractivity contribution in [3.63, 3.8) is 0 Å². The molecule has 2 fully saturated rings. The average Bonchev–Trinajstić information content (AvgIpc) is 3.25. The van der Waals surface area contributed by atoms with Crippen LogP contribution in [-0.4, -0.2) is 41.2 Å². The number of nitriles is 1. The van der Waals surface area contributed by atoms with Crippen LogP contribution in [0.2, 0.25) is 0 Å². The summed E-state index contributed by atoms with van der Waals surface area (Å²) in [5.41, 5.74) is -1.28. The Kier molecular flexibility index (Phi) is 5.61. The largest absolute Gasteiger partial charge is 0.417 e. The van der Waals surface area contributed by atoms with Crippen molar-refractivity contribution in [1.29, 1.82) is 5.26 Å². The molecule has 1 saturated heterocycles. The van der Waals surface area contributed by atoms with Gasteiger partial charge < -0.3 is 14.9 Å². The van der Waals surface area contributed by atoms with Crippen LogP contribution >= 0.6 is 0 Å². The van der Waals surface area contributed by atoms with Gasteiger partial charge in [-0.1, -0.05) is 18.6 Å². The van der Waals surface area contributed by atoms with Crippen LogP contribution in [-0.2, 0) is 11.0 Å². The van der Waals surface area contributed by atoms with Crippen molar-refractivity contribution in [2.24, 2.45) is 5.92 Å². The monoisotopic (exact) mass is 458 g/mol. The van der Waals surface area contributed by atoms with Crippen molar-refractivity contribution in [2.45, 2.75) is 50.9 Å². The number of amides is 1. The number of carbonyl (C=O) groups is 1. The highest BCUT2D eigenvalue weighted by molar-refractivity contribution is 5.99. The second kappa shape index (κ2) is 8.03. The van der Waals surface area contributed by atoms with Crippen molar-refractivity contribution >= 4 is 17.4 Å². The molecule has 2 heterocycles. The number of alkyl halides is 3. The normalized spacial score (nSPS) is 24.5. The van der Waals surface area contributed by atoms with E-state index in [2.05, 4.69) is 4.98 Å². The number of anilines is 2. The van der Waals surface area contributed by atoms with Crippen molar-refractivity contribution in [3.8, 4) is 6.07 Å². The topological polar surface area (TPSA) is 80.5 Å². The Balaban J connectivity index is 1.84. The van der Waals surface area contributed by atoms with E-state index >= 15 is 0 Å². The number of β-amino-alcohol motifs (C(OH)–C–C–N with tert-alkyl or cyclic N) is 1. The number of aromatic nitrogens is 1. The maximum absolute atomic E-state index is 13.7. The summed E-state index contributed by atoms with van der Waals surface area (Å²) in [5.74, 6) is -1.03. The molecule has 2 aromatic rings. The number of hydrogen-bond donors (Lipinski definition) is 1. The minimum atomic E-state index is -4.75. The van der Waals surface area contributed by atoms with Crippen molar-refractivity contribution in [3.05, 3.63) is 52.7 Å². The van der Waals surface area contributed by atoms with E-state index in [-0.39, 0.29) is 24.0 Å². The lowest BCUT2D eigenvalue weighted by Gasteiger charge is -2.32. The minimum Gasteiger partial charge on any atom is -0.388 e. The molecule has 3 atom stereocenters. The highest BCUT2D eigenvalue weighted by Gasteiger charge is 2.58. The lowest BCUT2D eigenvalue weighted by atomic mass is 9.89. The second-order valence-corrected chi connectivity index (χ2v) is 9.03. The van der Waals surface area contributed by atoms with E-state index in [1.165, 1.54) is 16.7 Å². The summed E-state index contributed by atoms with van der Waals surface area (Å²) in [5, 5.41) is 20.9. The summed E-state index contributed by atoms with van der Waals surface area (Å²) in [4.78, 5) is 20.9. The van der Waals surface area contributed by atoms with Gasteiger partial charge in [0, 0.05) is 30.9 Å². The maximum Gasteiger partial charge on any atom is 0.417 e. The number of likely N-dealkylation sites (N-methyl/N-ethyl adjacent to an activating group) is 1. The molecule has 0 spiro atoms. The first-order valence-corrected chi connectivity index (χ1v) is 10.8. The van der Waals surface area contributed by atoms with Gasteiger partial charge in [-0.15, -0.1) is 0 Å². The summed E-state index contributed by atoms with van der Waals surface area (Å²) >= 11 is 0. The van der Waals surface area contributed by atoms with E-state index in [0.29, 0.717) is 24.9 Å². The Hall–Kier alpha value is -3.12. The Bertz CT molecular complexity index is 1140. The number of pyridine rings is 1. The van der Waals surface area contributed by atoms with Gasteiger partial charge in [0.15, 0.2) is 0 Å². The molecule has 1 aliphatic heterocycles. The molecule has 6 nitrogen and oxygen atoms in total. The average molecular weight is 458 g/mol. The van der Waals surface area contributed by atoms with Gasteiger partial charge in [-0.05, 0) is 50.5 Å². The molecule has 33 heavy (non-hydrogen) atoms. The highest BCUT2D eigenvalue weighted by atomic mass is 19.4. The van der Waals surface area contributed by atoms with E-state index in [9.17, 15) is 28.3 Å². The zero-order chi connectivity index (χ0) is 24.1. The Morgan fingerprint density at radius 3 is 2.70 bits per heavy atom. The zero-order valence-electron chi connectivity index (χ0n) is 18.6. The number of halogens is 3. The van der Waals surface area contributed by atoms with Crippen LogP contribution in [0, 0.1) is 31.1 Å². The van der Waals surface area contributed by atoms with Crippen molar-refractivity contribution in [1.82, 2.24) is 4.98 Å². The fourth-order valence-corrected chi connectivity index (χ4v) is 5.21. The molecule has 1 saturated carbocycles. The smallest absolute Gasteiger partial charge is 0.388 e. The fraction of sp³-hybridized carbons (Fsp3) is 0.458. The molecule has 1 N–H and O–H groups in total. The van der Waals surface area contributed by atoms with Gasteiger partial charge in [-0.25, -0.2) is 4.98 Å². The molecule has 0 radical (unpaired) electrons. The summed E-state index contributed by atoms with van der Waals surface area (Å²) in [6.07, 6.45) is -3.04. The lowest BCUT2D eigenvalue weighted by Crippen LogP contribution is -2.48. The number of rotatable bonds is 3. The number of aryl methyl sites for hydroxylation is 2. The van der Waals surface area contributed by atoms with Gasteiger partial charge in [0.2, 0.25) is 5.91 Å². The van der Waals surface area contributed by atoms with Crippen LogP contribution < -0.4 is 9.80 Å². The molecule has 174 valence electrons. The van der Waals surface area contributed by atoms with E-state index in [0.717, 1.165) is 11.6 Å². The summed E-state index contributed by atoms with van der Waals surface area (Å²) in [6.45, 7) is 3.26. The molecule has 1 amide bonds. The SMILES string of the molecule is Cc1cccc(N(C)C(=O)C2C3CCCC3(O)CN2c2nc(C)cc(C(F)(F)F)c2C#N)c1. The number of nitrogens with zero attached hydrogens (tertiary/aromatic N) is 4. The van der Waals surface area contributed by atoms with E-state index in [4.69, 9.17) is 0 Å². The quantitative estimate of drug-likeness (QED) is 0.753. The minimum absolute atomic E-state index is 0.0574. The van der Waals surface area contributed by atoms with Gasteiger partial charge in [-0.2, -0.15) is 18.4 Å². The third kappa shape index (κ3) is 3.93. The number of fused-ring (bicyclic) bond motifs is 1. The van der Waals surface area contributed by atoms with Crippen LogP contribution in [0.1, 0.15) is 41.6 Å². The Morgan fingerprint density at radius 2 is 2.06 bits per heavy atom.